The van der Waals surface area contributed by atoms with Gasteiger partial charge in [0.05, 0.1) is 5.75 Å². The lowest BCUT2D eigenvalue weighted by Gasteiger charge is -2.10. The Kier molecular flexibility index (Phi) is 4.00. The summed E-state index contributed by atoms with van der Waals surface area (Å²) in [6, 6.07) is 6.92. The minimum absolute atomic E-state index is 0.157. The molecule has 0 fully saturated rings. The van der Waals surface area contributed by atoms with Crippen LogP contribution in [0, 0.1) is 25.5 Å². The van der Waals surface area contributed by atoms with E-state index in [1.165, 1.54) is 0 Å². The van der Waals surface area contributed by atoms with Gasteiger partial charge in [0.25, 0.3) is 0 Å². The second-order valence-corrected chi connectivity index (χ2v) is 6.93. The molecule has 0 saturated carbocycles. The Bertz CT molecular complexity index is 778. The van der Waals surface area contributed by atoms with E-state index >= 15 is 0 Å². The minimum atomic E-state index is -4.14. The van der Waals surface area contributed by atoms with Gasteiger partial charge in [0, 0.05) is 5.69 Å². The molecule has 0 aliphatic carbocycles. The van der Waals surface area contributed by atoms with Crippen LogP contribution in [0.5, 0.6) is 0 Å². The maximum atomic E-state index is 13.8. The highest BCUT2D eigenvalue weighted by Gasteiger charge is 2.25. The first-order valence-corrected chi connectivity index (χ1v) is 7.89. The minimum Gasteiger partial charge on any atom is -0.399 e. The summed E-state index contributed by atoms with van der Waals surface area (Å²) in [5, 5.41) is 0. The summed E-state index contributed by atoms with van der Waals surface area (Å²) in [5.41, 5.74) is 7.28. The van der Waals surface area contributed by atoms with Crippen molar-refractivity contribution in [3.05, 3.63) is 58.7 Å². The van der Waals surface area contributed by atoms with E-state index < -0.39 is 32.1 Å². The van der Waals surface area contributed by atoms with Gasteiger partial charge < -0.3 is 5.73 Å². The molecule has 2 rings (SSSR count). The maximum absolute atomic E-state index is 13.8. The summed E-state index contributed by atoms with van der Waals surface area (Å²) in [5.74, 6) is -2.80. The smallest absolute Gasteiger partial charge is 0.188 e. The fraction of sp³-hybridized carbons (Fsp3) is 0.200. The Labute approximate surface area is 122 Å². The largest absolute Gasteiger partial charge is 0.399 e. The van der Waals surface area contributed by atoms with Crippen molar-refractivity contribution in [2.75, 3.05) is 5.73 Å². The van der Waals surface area contributed by atoms with Gasteiger partial charge in [0.15, 0.2) is 9.84 Å². The van der Waals surface area contributed by atoms with Crippen molar-refractivity contribution in [2.24, 2.45) is 0 Å². The molecule has 2 aromatic carbocycles. The Balaban J connectivity index is 2.51. The van der Waals surface area contributed by atoms with Crippen LogP contribution in [-0.2, 0) is 15.6 Å². The normalized spacial score (nSPS) is 11.6. The first-order valence-electron chi connectivity index (χ1n) is 6.24. The van der Waals surface area contributed by atoms with Crippen LogP contribution in [0.2, 0.25) is 0 Å². The Morgan fingerprint density at radius 2 is 1.62 bits per heavy atom. The molecule has 3 nitrogen and oxygen atoms in total. The summed E-state index contributed by atoms with van der Waals surface area (Å²) in [4.78, 5) is -0.933. The molecule has 112 valence electrons. The Morgan fingerprint density at radius 1 is 1.05 bits per heavy atom. The van der Waals surface area contributed by atoms with Gasteiger partial charge in [-0.25, -0.2) is 17.2 Å². The van der Waals surface area contributed by atoms with Gasteiger partial charge >= 0.3 is 0 Å². The van der Waals surface area contributed by atoms with E-state index in [2.05, 4.69) is 0 Å². The van der Waals surface area contributed by atoms with Crippen molar-refractivity contribution in [3.8, 4) is 0 Å². The van der Waals surface area contributed by atoms with Crippen molar-refractivity contribution >= 4 is 15.5 Å². The van der Waals surface area contributed by atoms with Crippen LogP contribution >= 0.6 is 0 Å². The van der Waals surface area contributed by atoms with E-state index in [0.717, 1.165) is 23.3 Å². The standard InChI is InChI=1S/C15H15F2NO2S/c1-9-3-4-10(2)11(5-9)8-21(19,20)15-13(16)6-12(18)7-14(15)17/h3-7H,8,18H2,1-2H3. The maximum Gasteiger partial charge on any atom is 0.188 e. The third kappa shape index (κ3) is 3.21. The van der Waals surface area contributed by atoms with Crippen molar-refractivity contribution in [1.29, 1.82) is 0 Å². The van der Waals surface area contributed by atoms with Gasteiger partial charge in [-0.3, -0.25) is 0 Å². The van der Waals surface area contributed by atoms with E-state index in [-0.39, 0.29) is 5.69 Å². The first-order chi connectivity index (χ1) is 9.70. The molecule has 0 unspecified atom stereocenters. The molecule has 21 heavy (non-hydrogen) atoms. The molecule has 0 amide bonds. The number of nitrogens with two attached hydrogens (primary N) is 1. The molecule has 6 heteroatoms. The van der Waals surface area contributed by atoms with E-state index in [1.807, 2.05) is 13.0 Å². The van der Waals surface area contributed by atoms with Crippen LogP contribution in [0.1, 0.15) is 16.7 Å². The number of rotatable bonds is 3. The van der Waals surface area contributed by atoms with E-state index in [9.17, 15) is 17.2 Å². The predicted molar refractivity (Wildman–Crippen MR) is 77.6 cm³/mol. The third-order valence-corrected chi connectivity index (χ3v) is 4.88. The zero-order valence-electron chi connectivity index (χ0n) is 11.7. The third-order valence-electron chi connectivity index (χ3n) is 3.18. The summed E-state index contributed by atoms with van der Waals surface area (Å²) < 4.78 is 52.2. The molecule has 0 atom stereocenters. The number of aryl methyl sites for hydroxylation is 2. The lowest BCUT2D eigenvalue weighted by atomic mass is 10.1. The molecule has 0 radical (unpaired) electrons. The van der Waals surface area contributed by atoms with Gasteiger partial charge in [-0.15, -0.1) is 0 Å². The van der Waals surface area contributed by atoms with Crippen molar-refractivity contribution in [1.82, 2.24) is 0 Å². The van der Waals surface area contributed by atoms with Crippen molar-refractivity contribution < 1.29 is 17.2 Å². The highest BCUT2D eigenvalue weighted by molar-refractivity contribution is 7.90. The molecular formula is C15H15F2NO2S. The number of sulfone groups is 1. The second-order valence-electron chi connectivity index (χ2n) is 5.00. The summed E-state index contributed by atoms with van der Waals surface area (Å²) in [6.07, 6.45) is 0. The quantitative estimate of drug-likeness (QED) is 0.886. The fourth-order valence-electron chi connectivity index (χ4n) is 2.11. The SMILES string of the molecule is Cc1ccc(C)c(CS(=O)(=O)c2c(F)cc(N)cc2F)c1. The monoisotopic (exact) mass is 311 g/mol. The van der Waals surface area contributed by atoms with Crippen LogP contribution in [0.3, 0.4) is 0 Å². The number of benzene rings is 2. The molecule has 0 bridgehead atoms. The summed E-state index contributed by atoms with van der Waals surface area (Å²) in [6.45, 7) is 3.57. The van der Waals surface area contributed by atoms with Crippen LogP contribution in [0.25, 0.3) is 0 Å². The average Bonchev–Trinajstić information content (AvgIpc) is 2.31. The highest BCUT2D eigenvalue weighted by Crippen LogP contribution is 2.26. The van der Waals surface area contributed by atoms with Gasteiger partial charge in [-0.05, 0) is 37.1 Å². The molecule has 2 N–H and O–H groups in total. The lowest BCUT2D eigenvalue weighted by molar-refractivity contribution is 0.520. The summed E-state index contributed by atoms with van der Waals surface area (Å²) >= 11 is 0. The molecule has 0 saturated heterocycles. The van der Waals surface area contributed by atoms with Crippen molar-refractivity contribution in [3.63, 3.8) is 0 Å². The average molecular weight is 311 g/mol. The van der Waals surface area contributed by atoms with Gasteiger partial charge in [0.2, 0.25) is 0 Å². The van der Waals surface area contributed by atoms with Crippen LogP contribution < -0.4 is 5.73 Å². The fourth-order valence-corrected chi connectivity index (χ4v) is 3.69. The Morgan fingerprint density at radius 3 is 2.19 bits per heavy atom. The number of anilines is 1. The summed E-state index contributed by atoms with van der Waals surface area (Å²) in [7, 11) is -4.14. The van der Waals surface area contributed by atoms with Crippen LogP contribution in [0.4, 0.5) is 14.5 Å². The van der Waals surface area contributed by atoms with Crippen LogP contribution in [0.15, 0.2) is 35.2 Å². The predicted octanol–water partition coefficient (Wildman–Crippen LogP) is 3.14. The topological polar surface area (TPSA) is 60.2 Å². The number of halogens is 2. The molecule has 2 aromatic rings. The van der Waals surface area contributed by atoms with E-state index in [4.69, 9.17) is 5.73 Å². The molecule has 0 aromatic heterocycles. The van der Waals surface area contributed by atoms with E-state index in [0.29, 0.717) is 5.56 Å². The number of hydrogen-bond donors (Lipinski definition) is 1. The molecule has 0 aliphatic rings. The van der Waals surface area contributed by atoms with Gasteiger partial charge in [-0.1, -0.05) is 23.8 Å². The lowest BCUT2D eigenvalue weighted by Crippen LogP contribution is -2.11. The molecule has 0 heterocycles. The van der Waals surface area contributed by atoms with Gasteiger partial charge in [0.1, 0.15) is 16.5 Å². The zero-order valence-corrected chi connectivity index (χ0v) is 12.5. The van der Waals surface area contributed by atoms with E-state index in [1.54, 1.807) is 19.1 Å². The van der Waals surface area contributed by atoms with Gasteiger partial charge in [-0.2, -0.15) is 0 Å². The molecule has 0 spiro atoms. The second kappa shape index (κ2) is 5.44. The number of nitrogen functional groups attached to an aromatic ring is 1. The Hall–Kier alpha value is -1.95. The molecular weight excluding hydrogens is 296 g/mol. The highest BCUT2D eigenvalue weighted by atomic mass is 32.2. The number of hydrogen-bond acceptors (Lipinski definition) is 3. The molecule has 0 aliphatic heterocycles. The van der Waals surface area contributed by atoms with Crippen LogP contribution in [-0.4, -0.2) is 8.42 Å². The van der Waals surface area contributed by atoms with Crippen molar-refractivity contribution in [2.45, 2.75) is 24.5 Å². The zero-order chi connectivity index (χ0) is 15.8. The first kappa shape index (κ1) is 15.4.